The third-order valence-electron chi connectivity index (χ3n) is 5.10. The fourth-order valence-corrected chi connectivity index (χ4v) is 3.31. The Labute approximate surface area is 166 Å². The van der Waals surface area contributed by atoms with E-state index in [-0.39, 0.29) is 0 Å². The van der Waals surface area contributed by atoms with Crippen LogP contribution in [0.3, 0.4) is 0 Å². The first-order valence-corrected chi connectivity index (χ1v) is 10.4. The van der Waals surface area contributed by atoms with Gasteiger partial charge in [-0.2, -0.15) is 0 Å². The molecule has 1 unspecified atom stereocenters. The molecule has 0 radical (unpaired) electrons. The van der Waals surface area contributed by atoms with Gasteiger partial charge in [0.1, 0.15) is 0 Å². The number of ether oxygens (including phenoxy) is 3. The molecule has 1 atom stereocenters. The van der Waals surface area contributed by atoms with Crippen molar-refractivity contribution in [3.05, 3.63) is 30.3 Å². The lowest BCUT2D eigenvalue weighted by Gasteiger charge is -2.28. The molecule has 0 aliphatic carbocycles. The van der Waals surface area contributed by atoms with Crippen LogP contribution in [0.2, 0.25) is 0 Å². The van der Waals surface area contributed by atoms with Crippen LogP contribution in [0, 0.1) is 0 Å². The van der Waals surface area contributed by atoms with E-state index in [2.05, 4.69) is 29.6 Å². The number of unbranched alkanes of at least 4 members (excludes halogenated alkanes) is 5. The fourth-order valence-electron chi connectivity index (χ4n) is 3.31. The van der Waals surface area contributed by atoms with Gasteiger partial charge in [0.2, 0.25) is 0 Å². The predicted molar refractivity (Wildman–Crippen MR) is 113 cm³/mol. The number of nitrogens with one attached hydrogen (secondary N) is 1. The van der Waals surface area contributed by atoms with Crippen molar-refractivity contribution in [2.75, 3.05) is 33.2 Å². The van der Waals surface area contributed by atoms with Crippen LogP contribution in [0.5, 0.6) is 0 Å². The lowest BCUT2D eigenvalue weighted by molar-refractivity contribution is -0.355. The van der Waals surface area contributed by atoms with E-state index in [1.807, 2.05) is 6.07 Å². The molecule has 1 aromatic carbocycles. The molecule has 0 aromatic heterocycles. The molecule has 27 heavy (non-hydrogen) atoms. The normalized spacial score (nSPS) is 12.9. The minimum absolute atomic E-state index is 0.327. The van der Waals surface area contributed by atoms with Gasteiger partial charge in [-0.3, -0.25) is 0 Å². The molecule has 0 spiro atoms. The summed E-state index contributed by atoms with van der Waals surface area (Å²) < 4.78 is 15.9. The Kier molecular flexibility index (Phi) is 13.2. The number of rotatable bonds is 17. The van der Waals surface area contributed by atoms with Crippen LogP contribution in [0.25, 0.3) is 0 Å². The molecule has 5 nitrogen and oxygen atoms in total. The van der Waals surface area contributed by atoms with Crippen molar-refractivity contribution in [2.24, 2.45) is 5.73 Å². The van der Waals surface area contributed by atoms with Gasteiger partial charge < -0.3 is 25.3 Å². The van der Waals surface area contributed by atoms with Crippen molar-refractivity contribution in [3.63, 3.8) is 0 Å². The SMILES string of the molecule is COC(CCCCCCCCC(N)CCCNc1ccccc1)(OC)OC. The first kappa shape index (κ1) is 23.9. The molecule has 156 valence electrons. The Hall–Kier alpha value is -1.14. The number of methoxy groups -OCH3 is 3. The smallest absolute Gasteiger partial charge is 0.282 e. The van der Waals surface area contributed by atoms with Crippen LogP contribution in [-0.4, -0.2) is 39.9 Å². The van der Waals surface area contributed by atoms with Crippen LogP contribution < -0.4 is 11.1 Å². The Morgan fingerprint density at radius 3 is 2.00 bits per heavy atom. The van der Waals surface area contributed by atoms with Crippen molar-refractivity contribution in [1.82, 2.24) is 0 Å². The molecule has 5 heteroatoms. The minimum Gasteiger partial charge on any atom is -0.385 e. The molecule has 3 N–H and O–H groups in total. The number of nitrogens with two attached hydrogens (primary N) is 1. The van der Waals surface area contributed by atoms with Crippen LogP contribution in [0.1, 0.15) is 64.2 Å². The highest BCUT2D eigenvalue weighted by Crippen LogP contribution is 2.21. The lowest BCUT2D eigenvalue weighted by Crippen LogP contribution is -2.35. The summed E-state index contributed by atoms with van der Waals surface area (Å²) in [6.07, 6.45) is 11.3. The molecule has 0 amide bonds. The summed E-state index contributed by atoms with van der Waals surface area (Å²) in [6, 6.07) is 10.7. The van der Waals surface area contributed by atoms with Gasteiger partial charge in [0, 0.05) is 46.0 Å². The highest BCUT2D eigenvalue weighted by Gasteiger charge is 2.28. The standard InChI is InChI=1S/C22H40N2O3/c1-25-22(26-2,27-3)18-12-7-5-4-6-9-14-20(23)15-13-19-24-21-16-10-8-11-17-21/h8,10-11,16-17,20,24H,4-7,9,12-15,18-19,23H2,1-3H3. The maximum atomic E-state index is 6.24. The monoisotopic (exact) mass is 380 g/mol. The van der Waals surface area contributed by atoms with Crippen LogP contribution in [0.4, 0.5) is 5.69 Å². The van der Waals surface area contributed by atoms with Gasteiger partial charge in [-0.1, -0.05) is 50.3 Å². The van der Waals surface area contributed by atoms with E-state index in [1.165, 1.54) is 37.8 Å². The van der Waals surface area contributed by atoms with Crippen LogP contribution >= 0.6 is 0 Å². The van der Waals surface area contributed by atoms with Crippen molar-refractivity contribution >= 4 is 5.69 Å². The minimum atomic E-state index is -0.873. The van der Waals surface area contributed by atoms with Gasteiger partial charge in [0.25, 0.3) is 5.97 Å². The second-order valence-electron chi connectivity index (χ2n) is 7.15. The molecule has 0 heterocycles. The van der Waals surface area contributed by atoms with Crippen molar-refractivity contribution in [2.45, 2.75) is 76.2 Å². The number of hydrogen-bond acceptors (Lipinski definition) is 5. The van der Waals surface area contributed by atoms with Gasteiger partial charge in [0.05, 0.1) is 0 Å². The second-order valence-corrected chi connectivity index (χ2v) is 7.15. The maximum Gasteiger partial charge on any atom is 0.282 e. The van der Waals surface area contributed by atoms with E-state index in [0.29, 0.717) is 6.04 Å². The molecule has 1 aromatic rings. The zero-order chi connectivity index (χ0) is 19.8. The quantitative estimate of drug-likeness (QED) is 0.297. The summed E-state index contributed by atoms with van der Waals surface area (Å²) in [5, 5.41) is 3.44. The van der Waals surface area contributed by atoms with E-state index in [9.17, 15) is 0 Å². The Morgan fingerprint density at radius 2 is 1.37 bits per heavy atom. The molecule has 0 bridgehead atoms. The first-order chi connectivity index (χ1) is 13.2. The molecule has 0 saturated carbocycles. The zero-order valence-electron chi connectivity index (χ0n) is 17.5. The molecular formula is C22H40N2O3. The third-order valence-corrected chi connectivity index (χ3v) is 5.10. The van der Waals surface area contributed by atoms with Gasteiger partial charge in [-0.15, -0.1) is 0 Å². The van der Waals surface area contributed by atoms with Crippen LogP contribution in [0.15, 0.2) is 30.3 Å². The molecule has 0 aliphatic heterocycles. The highest BCUT2D eigenvalue weighted by molar-refractivity contribution is 5.42. The third kappa shape index (κ3) is 10.7. The second kappa shape index (κ2) is 14.9. The number of benzene rings is 1. The zero-order valence-corrected chi connectivity index (χ0v) is 17.5. The molecular weight excluding hydrogens is 340 g/mol. The number of anilines is 1. The molecule has 0 aliphatic rings. The Bertz CT molecular complexity index is 444. The summed E-state index contributed by atoms with van der Waals surface area (Å²) >= 11 is 0. The van der Waals surface area contributed by atoms with E-state index < -0.39 is 5.97 Å². The van der Waals surface area contributed by atoms with Gasteiger partial charge in [-0.05, 0) is 37.8 Å². The molecule has 1 rings (SSSR count). The van der Waals surface area contributed by atoms with E-state index in [0.717, 1.165) is 38.6 Å². The lowest BCUT2D eigenvalue weighted by atomic mass is 10.0. The van der Waals surface area contributed by atoms with Crippen molar-refractivity contribution in [1.29, 1.82) is 0 Å². The fraction of sp³-hybridized carbons (Fsp3) is 0.727. The summed E-state index contributed by atoms with van der Waals surface area (Å²) in [5.41, 5.74) is 7.42. The van der Waals surface area contributed by atoms with E-state index in [4.69, 9.17) is 19.9 Å². The largest absolute Gasteiger partial charge is 0.385 e. The summed E-state index contributed by atoms with van der Waals surface area (Å²) in [5.74, 6) is -0.873. The van der Waals surface area contributed by atoms with Crippen LogP contribution in [-0.2, 0) is 14.2 Å². The van der Waals surface area contributed by atoms with E-state index >= 15 is 0 Å². The summed E-state index contributed by atoms with van der Waals surface area (Å²) in [7, 11) is 4.86. The Balaban J connectivity index is 1.92. The number of hydrogen-bond donors (Lipinski definition) is 2. The number of para-hydroxylation sites is 1. The van der Waals surface area contributed by atoms with Gasteiger partial charge in [0.15, 0.2) is 0 Å². The average molecular weight is 381 g/mol. The topological polar surface area (TPSA) is 65.7 Å². The molecule has 0 saturated heterocycles. The van der Waals surface area contributed by atoms with Crippen molar-refractivity contribution < 1.29 is 14.2 Å². The van der Waals surface area contributed by atoms with Gasteiger partial charge >= 0.3 is 0 Å². The van der Waals surface area contributed by atoms with Crippen molar-refractivity contribution in [3.8, 4) is 0 Å². The summed E-state index contributed by atoms with van der Waals surface area (Å²) in [4.78, 5) is 0. The Morgan fingerprint density at radius 1 is 0.815 bits per heavy atom. The predicted octanol–water partition coefficient (Wildman–Crippen LogP) is 4.92. The maximum absolute atomic E-state index is 6.24. The van der Waals surface area contributed by atoms with E-state index in [1.54, 1.807) is 21.3 Å². The highest BCUT2D eigenvalue weighted by atomic mass is 16.9. The molecule has 0 fully saturated rings. The first-order valence-electron chi connectivity index (χ1n) is 10.4. The average Bonchev–Trinajstić information content (AvgIpc) is 2.71. The van der Waals surface area contributed by atoms with Gasteiger partial charge in [-0.25, -0.2) is 0 Å². The summed E-state index contributed by atoms with van der Waals surface area (Å²) in [6.45, 7) is 0.990.